The molecule has 4 aliphatic rings. The number of sulfonamides is 1. The van der Waals surface area contributed by atoms with Crippen LogP contribution in [-0.2, 0) is 14.8 Å². The van der Waals surface area contributed by atoms with Gasteiger partial charge in [-0.3, -0.25) is 0 Å². The van der Waals surface area contributed by atoms with Crippen molar-refractivity contribution >= 4 is 10.0 Å². The third kappa shape index (κ3) is 2.83. The topological polar surface area (TPSA) is 49.9 Å². The lowest BCUT2D eigenvalue weighted by Gasteiger charge is -2.30. The molecule has 2 saturated heterocycles. The van der Waals surface area contributed by atoms with E-state index in [1.807, 2.05) is 0 Å². The van der Waals surface area contributed by atoms with E-state index in [1.165, 1.54) is 12.8 Å². The van der Waals surface area contributed by atoms with Crippen molar-refractivity contribution in [3.8, 4) is 0 Å². The van der Waals surface area contributed by atoms with Gasteiger partial charge < -0.3 is 9.64 Å². The second-order valence-corrected chi connectivity index (χ2v) is 10.3. The van der Waals surface area contributed by atoms with Gasteiger partial charge in [-0.2, -0.15) is 0 Å². The summed E-state index contributed by atoms with van der Waals surface area (Å²) in [7, 11) is -0.866. The maximum atomic E-state index is 12.5. The molecule has 126 valence electrons. The lowest BCUT2D eigenvalue weighted by molar-refractivity contribution is 0.0581. The molecule has 0 aromatic rings. The molecule has 4 rings (SSSR count). The standard InChI is InChI=1S/C16H28N2O3S/c1-17-8-14(10-21-9-13-2-3-13)16(11-17)6-7-18(12-16)22(19,20)15-4-5-15/h13-15H,2-12H2,1H3/t14-,16+/m1/s1. The summed E-state index contributed by atoms with van der Waals surface area (Å²) >= 11 is 0. The molecule has 2 saturated carbocycles. The number of ether oxygens (including phenoxy) is 1. The van der Waals surface area contributed by atoms with Gasteiger partial charge in [0.05, 0.1) is 11.9 Å². The van der Waals surface area contributed by atoms with Crippen LogP contribution in [0.2, 0.25) is 0 Å². The van der Waals surface area contributed by atoms with Crippen LogP contribution in [0.4, 0.5) is 0 Å². The van der Waals surface area contributed by atoms with Crippen LogP contribution in [-0.4, -0.2) is 69.3 Å². The molecule has 0 aromatic carbocycles. The first-order valence-corrected chi connectivity index (χ1v) is 10.3. The summed E-state index contributed by atoms with van der Waals surface area (Å²) in [6.07, 6.45) is 5.37. The van der Waals surface area contributed by atoms with Gasteiger partial charge in [0.15, 0.2) is 0 Å². The molecule has 0 N–H and O–H groups in total. The van der Waals surface area contributed by atoms with Crippen molar-refractivity contribution in [2.45, 2.75) is 37.4 Å². The Bertz CT molecular complexity index is 530. The predicted molar refractivity (Wildman–Crippen MR) is 85.1 cm³/mol. The molecule has 2 aliphatic heterocycles. The molecule has 4 fully saturated rings. The molecule has 2 aliphatic carbocycles. The van der Waals surface area contributed by atoms with E-state index >= 15 is 0 Å². The molecule has 5 nitrogen and oxygen atoms in total. The third-order valence-electron chi connectivity index (χ3n) is 6.01. The summed E-state index contributed by atoms with van der Waals surface area (Å²) in [4.78, 5) is 2.36. The largest absolute Gasteiger partial charge is 0.381 e. The van der Waals surface area contributed by atoms with E-state index in [2.05, 4.69) is 11.9 Å². The summed E-state index contributed by atoms with van der Waals surface area (Å²) in [6, 6.07) is 0. The zero-order valence-corrected chi connectivity index (χ0v) is 14.4. The van der Waals surface area contributed by atoms with Gasteiger partial charge in [0.25, 0.3) is 0 Å². The average molecular weight is 328 g/mol. The zero-order valence-electron chi connectivity index (χ0n) is 13.5. The molecule has 0 bridgehead atoms. The number of hydrogen-bond donors (Lipinski definition) is 0. The molecule has 6 heteroatoms. The Kier molecular flexibility index (Phi) is 3.79. The molecule has 2 atom stereocenters. The fourth-order valence-corrected chi connectivity index (χ4v) is 6.24. The summed E-state index contributed by atoms with van der Waals surface area (Å²) < 4.78 is 32.8. The summed E-state index contributed by atoms with van der Waals surface area (Å²) in [6.45, 7) is 5.20. The summed E-state index contributed by atoms with van der Waals surface area (Å²) in [5.41, 5.74) is 0.125. The van der Waals surface area contributed by atoms with Crippen LogP contribution in [0.1, 0.15) is 32.1 Å². The SMILES string of the molecule is CN1C[C@H](COCC2CC2)[C@@]2(CCN(S(=O)(=O)C3CC3)C2)C1. The highest BCUT2D eigenvalue weighted by Gasteiger charge is 2.53. The van der Waals surface area contributed by atoms with Crippen LogP contribution in [0.25, 0.3) is 0 Å². The minimum atomic E-state index is -3.02. The molecular weight excluding hydrogens is 300 g/mol. The molecule has 0 amide bonds. The summed E-state index contributed by atoms with van der Waals surface area (Å²) in [5, 5.41) is -0.0775. The Hall–Kier alpha value is -0.170. The van der Waals surface area contributed by atoms with Gasteiger partial charge in [-0.05, 0) is 45.1 Å². The summed E-state index contributed by atoms with van der Waals surface area (Å²) in [5.74, 6) is 1.28. The lowest BCUT2D eigenvalue weighted by Crippen LogP contribution is -2.39. The fraction of sp³-hybridized carbons (Fsp3) is 1.00. The Labute approximate surface area is 134 Å². The maximum absolute atomic E-state index is 12.5. The number of rotatable bonds is 6. The van der Waals surface area contributed by atoms with Crippen molar-refractivity contribution in [1.29, 1.82) is 0 Å². The second kappa shape index (κ2) is 5.43. The van der Waals surface area contributed by atoms with Crippen molar-refractivity contribution in [3.05, 3.63) is 0 Å². The first-order valence-electron chi connectivity index (χ1n) is 8.75. The van der Waals surface area contributed by atoms with Gasteiger partial charge in [0.2, 0.25) is 10.0 Å². The van der Waals surface area contributed by atoms with Gasteiger partial charge in [-0.25, -0.2) is 12.7 Å². The van der Waals surface area contributed by atoms with E-state index in [1.54, 1.807) is 4.31 Å². The fourth-order valence-electron chi connectivity index (χ4n) is 4.30. The molecule has 1 spiro atoms. The van der Waals surface area contributed by atoms with Gasteiger partial charge in [-0.15, -0.1) is 0 Å². The van der Waals surface area contributed by atoms with E-state index in [9.17, 15) is 8.42 Å². The van der Waals surface area contributed by atoms with Gasteiger partial charge in [-0.1, -0.05) is 0 Å². The van der Waals surface area contributed by atoms with Crippen LogP contribution in [0.3, 0.4) is 0 Å². The smallest absolute Gasteiger partial charge is 0.217 e. The van der Waals surface area contributed by atoms with Crippen molar-refractivity contribution < 1.29 is 13.2 Å². The monoisotopic (exact) mass is 328 g/mol. The van der Waals surface area contributed by atoms with Crippen LogP contribution in [0.5, 0.6) is 0 Å². The first kappa shape index (κ1) is 15.4. The number of likely N-dealkylation sites (tertiary alicyclic amines) is 1. The van der Waals surface area contributed by atoms with E-state index in [4.69, 9.17) is 4.74 Å². The maximum Gasteiger partial charge on any atom is 0.217 e. The van der Waals surface area contributed by atoms with Crippen LogP contribution < -0.4 is 0 Å². The Morgan fingerprint density at radius 2 is 1.91 bits per heavy atom. The van der Waals surface area contributed by atoms with E-state index < -0.39 is 10.0 Å². The minimum Gasteiger partial charge on any atom is -0.381 e. The van der Waals surface area contributed by atoms with E-state index in [0.29, 0.717) is 19.0 Å². The highest BCUT2D eigenvalue weighted by molar-refractivity contribution is 7.90. The van der Waals surface area contributed by atoms with Crippen molar-refractivity contribution in [3.63, 3.8) is 0 Å². The quantitative estimate of drug-likeness (QED) is 0.734. The molecular formula is C16H28N2O3S. The predicted octanol–water partition coefficient (Wildman–Crippen LogP) is 1.16. The van der Waals surface area contributed by atoms with Gasteiger partial charge in [0.1, 0.15) is 0 Å². The van der Waals surface area contributed by atoms with E-state index in [0.717, 1.165) is 51.5 Å². The molecule has 2 heterocycles. The Morgan fingerprint density at radius 1 is 1.14 bits per heavy atom. The van der Waals surface area contributed by atoms with Gasteiger partial charge >= 0.3 is 0 Å². The van der Waals surface area contributed by atoms with Crippen molar-refractivity contribution in [1.82, 2.24) is 9.21 Å². The third-order valence-corrected chi connectivity index (χ3v) is 8.35. The Morgan fingerprint density at radius 3 is 2.59 bits per heavy atom. The molecule has 0 aromatic heterocycles. The van der Waals surface area contributed by atoms with Gasteiger partial charge in [0, 0.05) is 44.1 Å². The van der Waals surface area contributed by atoms with Crippen LogP contribution >= 0.6 is 0 Å². The highest BCUT2D eigenvalue weighted by Crippen LogP contribution is 2.46. The van der Waals surface area contributed by atoms with Crippen LogP contribution in [0.15, 0.2) is 0 Å². The highest BCUT2D eigenvalue weighted by atomic mass is 32.2. The van der Waals surface area contributed by atoms with Crippen LogP contribution in [0, 0.1) is 17.3 Å². The van der Waals surface area contributed by atoms with Crippen molar-refractivity contribution in [2.75, 3.05) is 46.4 Å². The molecule has 0 unspecified atom stereocenters. The number of nitrogens with zero attached hydrogens (tertiary/aromatic N) is 2. The first-order chi connectivity index (χ1) is 10.5. The average Bonchev–Trinajstić information content (AvgIpc) is 3.37. The van der Waals surface area contributed by atoms with Crippen molar-refractivity contribution in [2.24, 2.45) is 17.3 Å². The second-order valence-electron chi connectivity index (χ2n) is 8.06. The molecule has 0 radical (unpaired) electrons. The van der Waals surface area contributed by atoms with E-state index in [-0.39, 0.29) is 10.7 Å². The number of hydrogen-bond acceptors (Lipinski definition) is 4. The minimum absolute atomic E-state index is 0.0775. The zero-order chi connectivity index (χ0) is 15.4. The lowest BCUT2D eigenvalue weighted by atomic mass is 9.78. The molecule has 22 heavy (non-hydrogen) atoms. The normalized spacial score (nSPS) is 37.4. The Balaban J connectivity index is 1.41.